The molecule has 0 spiro atoms. The Bertz CT molecular complexity index is 2580. The quantitative estimate of drug-likeness (QED) is 0.156. The van der Waals surface area contributed by atoms with Crippen molar-refractivity contribution in [1.29, 1.82) is 0 Å². The molecule has 2 aromatic heterocycles. The number of benzene rings is 6. The van der Waals surface area contributed by atoms with E-state index in [2.05, 4.69) is 85.1 Å². The van der Waals surface area contributed by atoms with Gasteiger partial charge in [0.1, 0.15) is 11.6 Å². The number of hydrogen-bond acceptors (Lipinski definition) is 4. The molecule has 252 valence electrons. The van der Waals surface area contributed by atoms with E-state index in [-0.39, 0.29) is 26.9 Å². The number of ether oxygens (including phenoxy) is 1. The molecule has 0 radical (unpaired) electrons. The second-order valence-electron chi connectivity index (χ2n) is 12.5. The van der Waals surface area contributed by atoms with E-state index in [1.165, 1.54) is 6.07 Å². The van der Waals surface area contributed by atoms with Crippen molar-refractivity contribution < 1.29 is 30.2 Å². The second kappa shape index (κ2) is 13.2. The zero-order valence-electron chi connectivity index (χ0n) is 27.7. The van der Waals surface area contributed by atoms with Crippen LogP contribution in [0.3, 0.4) is 0 Å². The molecule has 51 heavy (non-hydrogen) atoms. The average Bonchev–Trinajstić information content (AvgIpc) is 3.68. The first-order valence-corrected chi connectivity index (χ1v) is 16.5. The third-order valence-electron chi connectivity index (χ3n) is 9.09. The van der Waals surface area contributed by atoms with E-state index in [9.17, 15) is 0 Å². The molecule has 0 saturated carbocycles. The number of nitrogens with zero attached hydrogens (tertiary/aromatic N) is 4. The van der Waals surface area contributed by atoms with Crippen LogP contribution >= 0.6 is 0 Å². The zero-order valence-corrected chi connectivity index (χ0v) is 30.0. The first kappa shape index (κ1) is 32.5. The Balaban J connectivity index is 0.00000374. The number of fused-ring (bicyclic) bond motifs is 4. The van der Waals surface area contributed by atoms with Gasteiger partial charge in [-0.3, -0.25) is 0 Å². The molecule has 3 heterocycles. The minimum absolute atomic E-state index is 0. The Morgan fingerprint density at radius 2 is 1.37 bits per heavy atom. The van der Waals surface area contributed by atoms with Crippen molar-refractivity contribution in [2.24, 2.45) is 0 Å². The molecule has 1 aliphatic rings. The number of anilines is 4. The fourth-order valence-corrected chi connectivity index (χ4v) is 6.78. The minimum atomic E-state index is -0.300. The van der Waals surface area contributed by atoms with Crippen LogP contribution in [0.1, 0.15) is 11.1 Å². The summed E-state index contributed by atoms with van der Waals surface area (Å²) in [7, 11) is 0. The topological polar surface area (TPSA) is 33.5 Å². The van der Waals surface area contributed by atoms with Gasteiger partial charge < -0.3 is 19.1 Å². The van der Waals surface area contributed by atoms with Gasteiger partial charge in [0.05, 0.1) is 0 Å². The molecule has 0 aliphatic carbocycles. The van der Waals surface area contributed by atoms with Gasteiger partial charge >= 0.3 is 0 Å². The molecule has 0 N–H and O–H groups in total. The van der Waals surface area contributed by atoms with Crippen molar-refractivity contribution in [2.45, 2.75) is 13.8 Å². The van der Waals surface area contributed by atoms with Crippen molar-refractivity contribution in [2.75, 3.05) is 9.80 Å². The molecule has 0 amide bonds. The molecule has 0 unspecified atom stereocenters. The normalized spacial score (nSPS) is 12.3. The number of aromatic nitrogens is 2. The maximum absolute atomic E-state index is 15.1. The molecule has 0 atom stereocenters. The van der Waals surface area contributed by atoms with Crippen molar-refractivity contribution in [3.8, 4) is 28.4 Å². The van der Waals surface area contributed by atoms with Gasteiger partial charge in [-0.15, -0.1) is 53.6 Å². The molecular weight excluding hydrogens is 815 g/mol. The third kappa shape index (κ3) is 5.86. The summed E-state index contributed by atoms with van der Waals surface area (Å²) in [4.78, 5) is 8.62. The van der Waals surface area contributed by atoms with Crippen LogP contribution in [0.15, 0.2) is 140 Å². The predicted molar refractivity (Wildman–Crippen MR) is 199 cm³/mol. The monoisotopic (exact) mass is 844 g/mol. The van der Waals surface area contributed by atoms with Gasteiger partial charge in [0.25, 0.3) is 0 Å². The molecule has 0 fully saturated rings. The van der Waals surface area contributed by atoms with Crippen molar-refractivity contribution in [3.05, 3.63) is 175 Å². The summed E-state index contributed by atoms with van der Waals surface area (Å²) in [5, 5.41) is 2.18. The fraction of sp³-hybridized carbons (Fsp3) is 0.0455. The van der Waals surface area contributed by atoms with Gasteiger partial charge in [-0.25, -0.2) is 9.37 Å². The van der Waals surface area contributed by atoms with Crippen molar-refractivity contribution >= 4 is 44.6 Å². The molecule has 7 heteroatoms. The van der Waals surface area contributed by atoms with Crippen molar-refractivity contribution in [3.63, 3.8) is 0 Å². The molecule has 6 aromatic carbocycles. The van der Waals surface area contributed by atoms with Gasteiger partial charge in [-0.05, 0) is 72.8 Å². The van der Waals surface area contributed by atoms with E-state index in [1.807, 2.05) is 83.3 Å². The number of halogens is 1. The second-order valence-corrected chi connectivity index (χ2v) is 12.5. The van der Waals surface area contributed by atoms with E-state index in [4.69, 9.17) is 9.72 Å². The molecule has 5 nitrogen and oxygen atoms in total. The van der Waals surface area contributed by atoms with Crippen LogP contribution in [-0.4, -0.2) is 9.55 Å². The largest absolute Gasteiger partial charge is 0.509 e. The summed E-state index contributed by atoms with van der Waals surface area (Å²) in [5.41, 5.74) is 9.20. The summed E-state index contributed by atoms with van der Waals surface area (Å²) >= 11 is 0. The maximum atomic E-state index is 15.1. The van der Waals surface area contributed by atoms with E-state index in [1.54, 1.807) is 12.1 Å². The Kier molecular flexibility index (Phi) is 8.41. The summed E-state index contributed by atoms with van der Waals surface area (Å²) < 4.78 is 23.9. The van der Waals surface area contributed by atoms with Gasteiger partial charge in [0.2, 0.25) is 0 Å². The maximum Gasteiger partial charge on any atom is 0.144 e. The first-order chi connectivity index (χ1) is 24.5. The fourth-order valence-electron chi connectivity index (χ4n) is 6.78. The number of rotatable bonds is 6. The minimum Gasteiger partial charge on any atom is -0.509 e. The standard InChI is InChI=1S/C44H30FN4O.Pt/c1-29-10-9-11-31(22-29)32-24-33(47-28-48(40-15-6-4-13-38(40)45)42-17-8-7-16-41(42)47)26-35(25-32)50-34-18-19-37-36-12-3-5-14-39(36)49(43(37)27-34)44-23-30(2)20-21-46-44;/h3-25,28H,1-2H3;/q-3;. The van der Waals surface area contributed by atoms with Gasteiger partial charge in [-0.1, -0.05) is 77.8 Å². The van der Waals surface area contributed by atoms with Crippen LogP contribution in [0.5, 0.6) is 11.5 Å². The molecule has 8 aromatic rings. The molecular formula is C44H30FN4OPt-3. The molecule has 1 aliphatic heterocycles. The first-order valence-electron chi connectivity index (χ1n) is 16.5. The van der Waals surface area contributed by atoms with Crippen LogP contribution in [0, 0.1) is 38.5 Å². The average molecular weight is 845 g/mol. The SMILES string of the molecule is Cc1cccc(-c2cc(Oc3[c-]c4c(cc3)c3ccccc3n4-c3cc(C)ccn3)[c-]c(N3[CH-]N(c4ccccc4F)c4ccccc43)c2)c1.[Pt]. The Labute approximate surface area is 310 Å². The molecule has 9 rings (SSSR count). The number of hydrogen-bond donors (Lipinski definition) is 0. The Morgan fingerprint density at radius 3 is 2.18 bits per heavy atom. The van der Waals surface area contributed by atoms with E-state index in [0.29, 0.717) is 17.2 Å². The van der Waals surface area contributed by atoms with Gasteiger partial charge in [0.15, 0.2) is 0 Å². The van der Waals surface area contributed by atoms with E-state index in [0.717, 1.165) is 66.9 Å². The summed E-state index contributed by atoms with van der Waals surface area (Å²) in [6.07, 6.45) is 1.83. The van der Waals surface area contributed by atoms with Crippen LogP contribution < -0.4 is 14.5 Å². The number of para-hydroxylation sites is 4. The van der Waals surface area contributed by atoms with E-state index >= 15 is 4.39 Å². The summed E-state index contributed by atoms with van der Waals surface area (Å²) in [5.74, 6) is 1.60. The van der Waals surface area contributed by atoms with Gasteiger partial charge in [0, 0.05) is 61.3 Å². The Morgan fingerprint density at radius 1 is 0.627 bits per heavy atom. The third-order valence-corrected chi connectivity index (χ3v) is 9.09. The van der Waals surface area contributed by atoms with Crippen LogP contribution in [0.2, 0.25) is 0 Å². The Hall–Kier alpha value is -5.71. The zero-order chi connectivity index (χ0) is 33.8. The summed E-state index contributed by atoms with van der Waals surface area (Å²) in [6, 6.07) is 50.8. The summed E-state index contributed by atoms with van der Waals surface area (Å²) in [6.45, 7) is 6.06. The molecule has 0 bridgehead atoms. The smallest absolute Gasteiger partial charge is 0.144 e. The van der Waals surface area contributed by atoms with E-state index < -0.39 is 0 Å². The van der Waals surface area contributed by atoms with Crippen molar-refractivity contribution in [1.82, 2.24) is 9.55 Å². The molecule has 0 saturated heterocycles. The van der Waals surface area contributed by atoms with Crippen LogP contribution in [-0.2, 0) is 21.1 Å². The van der Waals surface area contributed by atoms with Gasteiger partial charge in [-0.2, -0.15) is 6.07 Å². The predicted octanol–water partition coefficient (Wildman–Crippen LogP) is 11.4. The number of pyridine rings is 1. The number of aryl methyl sites for hydroxylation is 2. The van der Waals surface area contributed by atoms with Crippen LogP contribution in [0.4, 0.5) is 27.1 Å². The van der Waals surface area contributed by atoms with Crippen LogP contribution in [0.25, 0.3) is 38.8 Å².